The number of aliphatic hydroxyl groups excluding tert-OH is 1. The summed E-state index contributed by atoms with van der Waals surface area (Å²) in [4.78, 5) is 3.17. The Balaban J connectivity index is 2.71. The summed E-state index contributed by atoms with van der Waals surface area (Å²) < 4.78 is 78.6. The topological polar surface area (TPSA) is 45.1 Å². The molecule has 2 aromatic rings. The third-order valence-electron chi connectivity index (χ3n) is 3.55. The minimum absolute atomic E-state index is 0.0597. The Kier molecular flexibility index (Phi) is 5.29. The SMILES string of the molecule is CC(C)NCC(O)c1cc(C(F)(F)F)nc2c(C(F)(F)F)cccc12. The molecule has 2 rings (SSSR count). The molecule has 0 amide bonds. The van der Waals surface area contributed by atoms with Crippen molar-refractivity contribution in [2.45, 2.75) is 38.3 Å². The highest BCUT2D eigenvalue weighted by atomic mass is 19.4. The zero-order chi connectivity index (χ0) is 19.0. The van der Waals surface area contributed by atoms with E-state index in [1.54, 1.807) is 13.8 Å². The predicted octanol–water partition coefficient (Wildman–Crippen LogP) is 4.30. The molecule has 3 nitrogen and oxygen atoms in total. The molecule has 138 valence electrons. The molecule has 0 saturated carbocycles. The molecular formula is C16H16F6N2O. The molecule has 0 aliphatic rings. The fourth-order valence-electron chi connectivity index (χ4n) is 2.38. The first-order valence-corrected chi connectivity index (χ1v) is 7.40. The Hall–Kier alpha value is -1.87. The summed E-state index contributed by atoms with van der Waals surface area (Å²) in [6.07, 6.45) is -11.2. The summed E-state index contributed by atoms with van der Waals surface area (Å²) in [6.45, 7) is 3.42. The van der Waals surface area contributed by atoms with Gasteiger partial charge in [-0.1, -0.05) is 26.0 Å². The summed E-state index contributed by atoms with van der Waals surface area (Å²) in [5, 5.41) is 12.9. The molecule has 1 unspecified atom stereocenters. The average molecular weight is 366 g/mol. The van der Waals surface area contributed by atoms with E-state index < -0.39 is 35.2 Å². The second kappa shape index (κ2) is 6.80. The van der Waals surface area contributed by atoms with Gasteiger partial charge in [0.05, 0.1) is 17.2 Å². The number of hydrogen-bond acceptors (Lipinski definition) is 3. The van der Waals surface area contributed by atoms with Gasteiger partial charge in [0.25, 0.3) is 0 Å². The number of nitrogens with one attached hydrogen (secondary N) is 1. The fourth-order valence-corrected chi connectivity index (χ4v) is 2.38. The van der Waals surface area contributed by atoms with Crippen molar-refractivity contribution >= 4 is 10.9 Å². The van der Waals surface area contributed by atoms with Crippen LogP contribution in [-0.4, -0.2) is 22.7 Å². The van der Waals surface area contributed by atoms with Gasteiger partial charge in [-0.05, 0) is 17.7 Å². The molecule has 1 aromatic carbocycles. The van der Waals surface area contributed by atoms with Crippen LogP contribution < -0.4 is 5.32 Å². The van der Waals surface area contributed by atoms with E-state index in [-0.39, 0.29) is 23.5 Å². The van der Waals surface area contributed by atoms with Gasteiger partial charge in [0.1, 0.15) is 5.69 Å². The van der Waals surface area contributed by atoms with E-state index >= 15 is 0 Å². The quantitative estimate of drug-likeness (QED) is 0.793. The van der Waals surface area contributed by atoms with E-state index in [4.69, 9.17) is 0 Å². The van der Waals surface area contributed by atoms with E-state index in [9.17, 15) is 31.4 Å². The van der Waals surface area contributed by atoms with Crippen LogP contribution in [0.3, 0.4) is 0 Å². The van der Waals surface area contributed by atoms with Gasteiger partial charge in [-0.3, -0.25) is 0 Å². The first-order chi connectivity index (χ1) is 11.4. The normalized spacial score (nSPS) is 14.3. The highest BCUT2D eigenvalue weighted by molar-refractivity contribution is 5.86. The van der Waals surface area contributed by atoms with Crippen LogP contribution in [0.15, 0.2) is 24.3 Å². The number of para-hydroxylation sites is 1. The van der Waals surface area contributed by atoms with Crippen LogP contribution in [0.5, 0.6) is 0 Å². The predicted molar refractivity (Wildman–Crippen MR) is 79.8 cm³/mol. The van der Waals surface area contributed by atoms with Gasteiger partial charge < -0.3 is 10.4 Å². The van der Waals surface area contributed by atoms with Crippen LogP contribution in [0.1, 0.15) is 36.8 Å². The van der Waals surface area contributed by atoms with Crippen LogP contribution in [0.2, 0.25) is 0 Å². The van der Waals surface area contributed by atoms with Crippen molar-refractivity contribution < 1.29 is 31.4 Å². The molecule has 0 spiro atoms. The molecule has 1 heterocycles. The summed E-state index contributed by atoms with van der Waals surface area (Å²) in [5.41, 5.74) is -3.84. The average Bonchev–Trinajstić information content (AvgIpc) is 2.48. The van der Waals surface area contributed by atoms with Crippen LogP contribution in [0, 0.1) is 0 Å². The van der Waals surface area contributed by atoms with Gasteiger partial charge in [0.15, 0.2) is 0 Å². The van der Waals surface area contributed by atoms with E-state index in [1.807, 2.05) is 0 Å². The van der Waals surface area contributed by atoms with Crippen molar-refractivity contribution in [3.63, 3.8) is 0 Å². The molecule has 9 heteroatoms. The molecule has 0 fully saturated rings. The molecule has 1 atom stereocenters. The maximum Gasteiger partial charge on any atom is 0.433 e. The standard InChI is InChI=1S/C16H16F6N2O/c1-8(2)23-7-12(25)10-6-13(16(20,21)22)24-14-9(10)4-3-5-11(14)15(17,18)19/h3-6,8,12,23,25H,7H2,1-2H3. The maximum absolute atomic E-state index is 13.1. The third kappa shape index (κ3) is 4.40. The maximum atomic E-state index is 13.1. The number of nitrogens with zero attached hydrogens (tertiary/aromatic N) is 1. The summed E-state index contributed by atoms with van der Waals surface area (Å²) in [6, 6.07) is 3.49. The number of halogens is 6. The van der Waals surface area contributed by atoms with Crippen LogP contribution in [-0.2, 0) is 12.4 Å². The minimum Gasteiger partial charge on any atom is -0.387 e. The lowest BCUT2D eigenvalue weighted by molar-refractivity contribution is -0.142. The second-order valence-corrected chi connectivity index (χ2v) is 5.87. The fraction of sp³-hybridized carbons (Fsp3) is 0.438. The van der Waals surface area contributed by atoms with Crippen molar-refractivity contribution in [3.8, 4) is 0 Å². The van der Waals surface area contributed by atoms with Crippen molar-refractivity contribution in [1.29, 1.82) is 0 Å². The Bertz CT molecular complexity index is 755. The Morgan fingerprint density at radius 3 is 2.24 bits per heavy atom. The molecule has 0 saturated heterocycles. The van der Waals surface area contributed by atoms with E-state index in [0.29, 0.717) is 12.1 Å². The van der Waals surface area contributed by atoms with Gasteiger partial charge in [0, 0.05) is 18.0 Å². The minimum atomic E-state index is -4.94. The Labute approximate surface area is 139 Å². The zero-order valence-electron chi connectivity index (χ0n) is 13.3. The summed E-state index contributed by atoms with van der Waals surface area (Å²) in [7, 11) is 0. The third-order valence-corrected chi connectivity index (χ3v) is 3.55. The number of aromatic nitrogens is 1. The van der Waals surface area contributed by atoms with Gasteiger partial charge >= 0.3 is 12.4 Å². The van der Waals surface area contributed by atoms with Crippen molar-refractivity contribution in [1.82, 2.24) is 10.3 Å². The molecule has 0 aliphatic heterocycles. The molecule has 0 bridgehead atoms. The number of fused-ring (bicyclic) bond motifs is 1. The Morgan fingerprint density at radius 1 is 1.08 bits per heavy atom. The smallest absolute Gasteiger partial charge is 0.387 e. The summed E-state index contributed by atoms with van der Waals surface area (Å²) >= 11 is 0. The lowest BCUT2D eigenvalue weighted by Crippen LogP contribution is -2.28. The molecule has 25 heavy (non-hydrogen) atoms. The highest BCUT2D eigenvalue weighted by Gasteiger charge is 2.37. The first kappa shape index (κ1) is 19.5. The largest absolute Gasteiger partial charge is 0.433 e. The number of hydrogen-bond donors (Lipinski definition) is 2. The number of rotatable bonds is 4. The highest BCUT2D eigenvalue weighted by Crippen LogP contribution is 2.38. The van der Waals surface area contributed by atoms with Gasteiger partial charge in [-0.2, -0.15) is 26.3 Å². The second-order valence-electron chi connectivity index (χ2n) is 5.87. The van der Waals surface area contributed by atoms with Crippen molar-refractivity contribution in [2.75, 3.05) is 6.54 Å². The van der Waals surface area contributed by atoms with Gasteiger partial charge in [0.2, 0.25) is 0 Å². The zero-order valence-corrected chi connectivity index (χ0v) is 13.3. The first-order valence-electron chi connectivity index (χ1n) is 7.40. The summed E-state index contributed by atoms with van der Waals surface area (Å²) in [5.74, 6) is 0. The van der Waals surface area contributed by atoms with E-state index in [2.05, 4.69) is 10.3 Å². The lowest BCUT2D eigenvalue weighted by atomic mass is 9.99. The van der Waals surface area contributed by atoms with Gasteiger partial charge in [-0.15, -0.1) is 0 Å². The molecule has 0 aliphatic carbocycles. The lowest BCUT2D eigenvalue weighted by Gasteiger charge is -2.19. The molecular weight excluding hydrogens is 350 g/mol. The number of pyridine rings is 1. The van der Waals surface area contributed by atoms with Gasteiger partial charge in [-0.25, -0.2) is 4.98 Å². The van der Waals surface area contributed by atoms with E-state index in [0.717, 1.165) is 6.07 Å². The Morgan fingerprint density at radius 2 is 1.72 bits per heavy atom. The van der Waals surface area contributed by atoms with Crippen molar-refractivity contribution in [2.24, 2.45) is 0 Å². The molecule has 0 radical (unpaired) electrons. The van der Waals surface area contributed by atoms with Crippen LogP contribution >= 0.6 is 0 Å². The van der Waals surface area contributed by atoms with Crippen molar-refractivity contribution in [3.05, 3.63) is 41.1 Å². The van der Waals surface area contributed by atoms with Crippen LogP contribution in [0.25, 0.3) is 10.9 Å². The van der Waals surface area contributed by atoms with E-state index in [1.165, 1.54) is 6.07 Å². The monoisotopic (exact) mass is 366 g/mol. The number of benzene rings is 1. The molecule has 1 aromatic heterocycles. The molecule has 2 N–H and O–H groups in total. The van der Waals surface area contributed by atoms with Crippen LogP contribution in [0.4, 0.5) is 26.3 Å². The number of alkyl halides is 6. The number of aliphatic hydroxyl groups is 1.